The third kappa shape index (κ3) is 7.21. The van der Waals surface area contributed by atoms with Crippen LogP contribution in [0.1, 0.15) is 34.8 Å². The second kappa shape index (κ2) is 12.7. The molecule has 7 heteroatoms. The molecule has 1 amide bonds. The van der Waals surface area contributed by atoms with Gasteiger partial charge in [0, 0.05) is 16.5 Å². The fourth-order valence-electron chi connectivity index (χ4n) is 3.62. The van der Waals surface area contributed by atoms with Crippen molar-refractivity contribution >= 4 is 27.8 Å². The molecule has 0 radical (unpaired) electrons. The van der Waals surface area contributed by atoms with Gasteiger partial charge in [0.1, 0.15) is 24.7 Å². The van der Waals surface area contributed by atoms with E-state index in [1.807, 2.05) is 84.9 Å². The van der Waals surface area contributed by atoms with Crippen LogP contribution in [0.15, 0.2) is 102 Å². The highest BCUT2D eigenvalue weighted by Crippen LogP contribution is 2.35. The Kier molecular flexibility index (Phi) is 8.94. The van der Waals surface area contributed by atoms with E-state index in [2.05, 4.69) is 21.4 Å². The monoisotopic (exact) mass is 559 g/mol. The molecule has 0 aliphatic heterocycles. The standard InChI is InChI=1S/C30H26BrNO5/c1-2-28(33)37-32-30(34)26-12-7-13-27(36-20-22-10-6-11-24(31)18-22)29(26)23-14-16-25(17-15-23)35-19-21-8-4-3-5-9-21/h3-18H,2,19-20H2,1H3,(H,32,34). The van der Waals surface area contributed by atoms with Gasteiger partial charge in [0.15, 0.2) is 0 Å². The summed E-state index contributed by atoms with van der Waals surface area (Å²) >= 11 is 3.48. The molecule has 0 aliphatic rings. The molecule has 0 heterocycles. The Labute approximate surface area is 224 Å². The Morgan fingerprint density at radius 2 is 1.49 bits per heavy atom. The van der Waals surface area contributed by atoms with Crippen LogP contribution < -0.4 is 15.0 Å². The summed E-state index contributed by atoms with van der Waals surface area (Å²) in [4.78, 5) is 29.4. The van der Waals surface area contributed by atoms with Gasteiger partial charge in [0.25, 0.3) is 5.91 Å². The minimum absolute atomic E-state index is 0.146. The van der Waals surface area contributed by atoms with Crippen LogP contribution in [0.2, 0.25) is 0 Å². The number of hydrogen-bond acceptors (Lipinski definition) is 5. The smallest absolute Gasteiger partial charge is 0.331 e. The van der Waals surface area contributed by atoms with Gasteiger partial charge >= 0.3 is 5.97 Å². The molecule has 0 spiro atoms. The first-order valence-corrected chi connectivity index (χ1v) is 12.6. The minimum atomic E-state index is -0.547. The molecule has 37 heavy (non-hydrogen) atoms. The molecular weight excluding hydrogens is 534 g/mol. The molecule has 0 bridgehead atoms. The quantitative estimate of drug-likeness (QED) is 0.226. The van der Waals surface area contributed by atoms with Crippen LogP contribution in [-0.4, -0.2) is 11.9 Å². The summed E-state index contributed by atoms with van der Waals surface area (Å²) in [5.74, 6) is 0.140. The van der Waals surface area contributed by atoms with Crippen molar-refractivity contribution in [1.29, 1.82) is 0 Å². The Hall–Kier alpha value is -4.10. The number of halogens is 1. The highest BCUT2D eigenvalue weighted by molar-refractivity contribution is 9.10. The Bertz CT molecular complexity index is 1360. The largest absolute Gasteiger partial charge is 0.489 e. The van der Waals surface area contributed by atoms with E-state index in [1.54, 1.807) is 19.1 Å². The van der Waals surface area contributed by atoms with Gasteiger partial charge in [0.05, 0.1) is 5.56 Å². The van der Waals surface area contributed by atoms with Gasteiger partial charge in [0.2, 0.25) is 0 Å². The second-order valence-electron chi connectivity index (χ2n) is 8.15. The summed E-state index contributed by atoms with van der Waals surface area (Å²) in [6, 6.07) is 30.4. The summed E-state index contributed by atoms with van der Waals surface area (Å²) in [5, 5.41) is 0. The predicted molar refractivity (Wildman–Crippen MR) is 145 cm³/mol. The minimum Gasteiger partial charge on any atom is -0.489 e. The zero-order valence-corrected chi connectivity index (χ0v) is 21.9. The van der Waals surface area contributed by atoms with Gasteiger partial charge in [-0.15, -0.1) is 0 Å². The molecule has 0 atom stereocenters. The predicted octanol–water partition coefficient (Wildman–Crippen LogP) is 6.87. The first-order valence-electron chi connectivity index (χ1n) is 11.8. The molecule has 6 nitrogen and oxygen atoms in total. The van der Waals surface area contributed by atoms with E-state index >= 15 is 0 Å². The van der Waals surface area contributed by atoms with Gasteiger partial charge in [-0.25, -0.2) is 4.79 Å². The number of nitrogens with one attached hydrogen (secondary N) is 1. The van der Waals surface area contributed by atoms with E-state index in [9.17, 15) is 9.59 Å². The van der Waals surface area contributed by atoms with Crippen LogP contribution in [0, 0.1) is 0 Å². The second-order valence-corrected chi connectivity index (χ2v) is 9.07. The Morgan fingerprint density at radius 3 is 2.22 bits per heavy atom. The third-order valence-corrected chi connectivity index (χ3v) is 5.99. The van der Waals surface area contributed by atoms with Crippen molar-refractivity contribution in [2.24, 2.45) is 0 Å². The fraction of sp³-hybridized carbons (Fsp3) is 0.133. The summed E-state index contributed by atoms with van der Waals surface area (Å²) < 4.78 is 13.0. The first-order chi connectivity index (χ1) is 18.0. The van der Waals surface area contributed by atoms with Gasteiger partial charge in [-0.05, 0) is 53.1 Å². The molecule has 0 saturated heterocycles. The molecule has 4 aromatic carbocycles. The maximum absolute atomic E-state index is 13.0. The van der Waals surface area contributed by atoms with Crippen LogP contribution in [0.3, 0.4) is 0 Å². The molecule has 0 aliphatic carbocycles. The van der Waals surface area contributed by atoms with Crippen molar-refractivity contribution in [2.45, 2.75) is 26.6 Å². The third-order valence-electron chi connectivity index (χ3n) is 5.49. The zero-order valence-electron chi connectivity index (χ0n) is 20.3. The maximum atomic E-state index is 13.0. The number of hydrogen-bond donors (Lipinski definition) is 1. The molecule has 4 rings (SSSR count). The average molecular weight is 560 g/mol. The van der Waals surface area contributed by atoms with Crippen LogP contribution in [0.5, 0.6) is 11.5 Å². The van der Waals surface area contributed by atoms with E-state index in [1.165, 1.54) is 0 Å². The first kappa shape index (κ1) is 26.0. The van der Waals surface area contributed by atoms with Crippen molar-refractivity contribution in [2.75, 3.05) is 0 Å². The fourth-order valence-corrected chi connectivity index (χ4v) is 4.06. The summed E-state index contributed by atoms with van der Waals surface area (Å²) in [6.45, 7) is 2.40. The van der Waals surface area contributed by atoms with E-state index in [-0.39, 0.29) is 6.42 Å². The Morgan fingerprint density at radius 1 is 0.784 bits per heavy atom. The highest BCUT2D eigenvalue weighted by Gasteiger charge is 2.19. The van der Waals surface area contributed by atoms with Crippen molar-refractivity contribution in [3.05, 3.63) is 118 Å². The molecule has 0 aromatic heterocycles. The molecule has 0 saturated carbocycles. The normalized spacial score (nSPS) is 10.4. The molecule has 0 unspecified atom stereocenters. The number of carbonyl (C=O) groups excluding carboxylic acids is 2. The van der Waals surface area contributed by atoms with E-state index in [4.69, 9.17) is 14.3 Å². The van der Waals surface area contributed by atoms with Crippen molar-refractivity contribution in [3.8, 4) is 22.6 Å². The SMILES string of the molecule is CCC(=O)ONC(=O)c1cccc(OCc2cccc(Br)c2)c1-c1ccc(OCc2ccccc2)cc1. The summed E-state index contributed by atoms with van der Waals surface area (Å²) in [6.07, 6.45) is 0.146. The van der Waals surface area contributed by atoms with Crippen LogP contribution >= 0.6 is 15.9 Å². The van der Waals surface area contributed by atoms with Crippen LogP contribution in [0.4, 0.5) is 0 Å². The number of rotatable bonds is 9. The number of carbonyl (C=O) groups is 2. The van der Waals surface area contributed by atoms with E-state index in [0.29, 0.717) is 35.8 Å². The topological polar surface area (TPSA) is 73.9 Å². The summed E-state index contributed by atoms with van der Waals surface area (Å²) in [7, 11) is 0. The number of ether oxygens (including phenoxy) is 2. The Balaban J connectivity index is 1.60. The molecular formula is C30H26BrNO5. The van der Waals surface area contributed by atoms with Crippen molar-refractivity contribution < 1.29 is 23.9 Å². The lowest BCUT2D eigenvalue weighted by molar-refractivity contribution is -0.148. The van der Waals surface area contributed by atoms with Gasteiger partial charge < -0.3 is 14.3 Å². The zero-order chi connectivity index (χ0) is 26.0. The van der Waals surface area contributed by atoms with Crippen LogP contribution in [0.25, 0.3) is 11.1 Å². The molecule has 4 aromatic rings. The van der Waals surface area contributed by atoms with Crippen molar-refractivity contribution in [3.63, 3.8) is 0 Å². The van der Waals surface area contributed by atoms with E-state index < -0.39 is 11.9 Å². The molecule has 188 valence electrons. The summed E-state index contributed by atoms with van der Waals surface area (Å²) in [5.41, 5.74) is 5.93. The lowest BCUT2D eigenvalue weighted by Gasteiger charge is -2.16. The lowest BCUT2D eigenvalue weighted by atomic mass is 9.98. The average Bonchev–Trinajstić information content (AvgIpc) is 2.94. The van der Waals surface area contributed by atoms with Gasteiger partial charge in [-0.1, -0.05) is 83.5 Å². The number of amides is 1. The van der Waals surface area contributed by atoms with Gasteiger partial charge in [-0.2, -0.15) is 5.48 Å². The highest BCUT2D eigenvalue weighted by atomic mass is 79.9. The maximum Gasteiger partial charge on any atom is 0.331 e. The van der Waals surface area contributed by atoms with E-state index in [0.717, 1.165) is 21.2 Å². The molecule has 0 fully saturated rings. The van der Waals surface area contributed by atoms with Crippen LogP contribution in [-0.2, 0) is 22.8 Å². The van der Waals surface area contributed by atoms with Gasteiger partial charge in [-0.3, -0.25) is 4.79 Å². The number of benzene rings is 4. The molecule has 1 N–H and O–H groups in total. The lowest BCUT2D eigenvalue weighted by Crippen LogP contribution is -2.27. The van der Waals surface area contributed by atoms with Crippen molar-refractivity contribution in [1.82, 2.24) is 5.48 Å². The number of hydroxylamine groups is 1.